The first-order valence-electron chi connectivity index (χ1n) is 9.10. The Morgan fingerprint density at radius 2 is 1.97 bits per heavy atom. The second-order valence-electron chi connectivity index (χ2n) is 6.92. The SMILES string of the molecule is Cn1cc(-c2cccc(NS(=O)(=O)c3cc(F)cc(CO)c3Cl)c2F)c2c(N)ncnc21. The highest BCUT2D eigenvalue weighted by Gasteiger charge is 2.24. The normalized spacial score (nSPS) is 11.8. The highest BCUT2D eigenvalue weighted by molar-refractivity contribution is 7.92. The third-order valence-corrected chi connectivity index (χ3v) is 6.80. The average molecular weight is 480 g/mol. The van der Waals surface area contributed by atoms with Gasteiger partial charge in [-0.25, -0.2) is 27.2 Å². The van der Waals surface area contributed by atoms with Crippen LogP contribution in [-0.4, -0.2) is 28.1 Å². The first kappa shape index (κ1) is 21.9. The molecule has 2 heterocycles. The molecule has 0 saturated heterocycles. The number of benzene rings is 2. The molecule has 0 spiro atoms. The van der Waals surface area contributed by atoms with Crippen molar-refractivity contribution >= 4 is 44.2 Å². The minimum atomic E-state index is -4.49. The van der Waals surface area contributed by atoms with Crippen LogP contribution in [0.5, 0.6) is 0 Å². The van der Waals surface area contributed by atoms with Gasteiger partial charge in [0.25, 0.3) is 10.0 Å². The van der Waals surface area contributed by atoms with Gasteiger partial charge in [-0.05, 0) is 18.2 Å². The highest BCUT2D eigenvalue weighted by atomic mass is 35.5. The van der Waals surface area contributed by atoms with Gasteiger partial charge in [0.05, 0.1) is 22.7 Å². The Morgan fingerprint density at radius 1 is 1.22 bits per heavy atom. The van der Waals surface area contributed by atoms with Crippen LogP contribution in [0, 0.1) is 11.6 Å². The van der Waals surface area contributed by atoms with E-state index in [1.54, 1.807) is 17.8 Å². The summed E-state index contributed by atoms with van der Waals surface area (Å²) in [5.74, 6) is -1.67. The molecule has 0 aliphatic rings. The molecule has 0 unspecified atom stereocenters. The predicted molar refractivity (Wildman–Crippen MR) is 116 cm³/mol. The van der Waals surface area contributed by atoms with Gasteiger partial charge in [0.1, 0.15) is 28.5 Å². The van der Waals surface area contributed by atoms with Crippen molar-refractivity contribution in [1.82, 2.24) is 14.5 Å². The molecule has 0 bridgehead atoms. The molecule has 2 aromatic heterocycles. The van der Waals surface area contributed by atoms with E-state index < -0.39 is 33.2 Å². The molecule has 4 aromatic rings. The van der Waals surface area contributed by atoms with Gasteiger partial charge in [-0.2, -0.15) is 0 Å². The molecule has 0 atom stereocenters. The van der Waals surface area contributed by atoms with E-state index in [0.717, 1.165) is 6.07 Å². The van der Waals surface area contributed by atoms with E-state index in [2.05, 4.69) is 14.7 Å². The molecular weight excluding hydrogens is 464 g/mol. The van der Waals surface area contributed by atoms with Crippen LogP contribution in [0.3, 0.4) is 0 Å². The average Bonchev–Trinajstić information content (AvgIpc) is 3.08. The smallest absolute Gasteiger partial charge is 0.263 e. The van der Waals surface area contributed by atoms with Crippen LogP contribution in [0.2, 0.25) is 5.02 Å². The van der Waals surface area contributed by atoms with Crippen LogP contribution in [0.1, 0.15) is 5.56 Å². The van der Waals surface area contributed by atoms with Gasteiger partial charge in [-0.3, -0.25) is 4.72 Å². The lowest BCUT2D eigenvalue weighted by atomic mass is 10.0. The molecule has 2 aromatic carbocycles. The van der Waals surface area contributed by atoms with Crippen LogP contribution in [0.4, 0.5) is 20.3 Å². The molecule has 12 heteroatoms. The third-order valence-electron chi connectivity index (χ3n) is 4.86. The summed E-state index contributed by atoms with van der Waals surface area (Å²) in [6, 6.07) is 5.71. The monoisotopic (exact) mass is 479 g/mol. The van der Waals surface area contributed by atoms with Crippen LogP contribution in [0.15, 0.2) is 47.8 Å². The number of nitrogens with one attached hydrogen (secondary N) is 1. The van der Waals surface area contributed by atoms with Crippen molar-refractivity contribution < 1.29 is 22.3 Å². The van der Waals surface area contributed by atoms with E-state index in [1.807, 2.05) is 0 Å². The molecular formula is C20H16ClF2N5O3S. The molecule has 4 N–H and O–H groups in total. The van der Waals surface area contributed by atoms with Crippen LogP contribution in [0.25, 0.3) is 22.2 Å². The number of nitrogens with zero attached hydrogens (tertiary/aromatic N) is 3. The maximum absolute atomic E-state index is 15.4. The van der Waals surface area contributed by atoms with Gasteiger partial charge >= 0.3 is 0 Å². The number of halogens is 3. The number of hydrogen-bond acceptors (Lipinski definition) is 6. The number of fused-ring (bicyclic) bond motifs is 1. The lowest BCUT2D eigenvalue weighted by molar-refractivity contribution is 0.281. The number of hydrogen-bond donors (Lipinski definition) is 3. The summed E-state index contributed by atoms with van der Waals surface area (Å²) in [5.41, 5.74) is 6.35. The van der Waals surface area contributed by atoms with Crippen molar-refractivity contribution in [3.05, 3.63) is 65.1 Å². The molecule has 166 valence electrons. The number of aromatic nitrogens is 3. The van der Waals surface area contributed by atoms with Gasteiger partial charge in [0.15, 0.2) is 5.82 Å². The standard InChI is InChI=1S/C20H16ClF2N5O3S/c1-28-7-13(16-19(24)25-9-26-20(16)28)12-3-2-4-14(18(12)23)27-32(30,31)15-6-11(22)5-10(8-29)17(15)21/h2-7,9,27,29H,8H2,1H3,(H2,24,25,26). The predicted octanol–water partition coefficient (Wildman–Crippen LogP) is 3.44. The number of nitrogens with two attached hydrogens (primary N) is 1. The molecule has 8 nitrogen and oxygen atoms in total. The van der Waals surface area contributed by atoms with Crippen LogP contribution < -0.4 is 10.5 Å². The Bertz CT molecular complexity index is 1470. The fraction of sp³-hybridized carbons (Fsp3) is 0.100. The number of rotatable bonds is 5. The second-order valence-corrected chi connectivity index (χ2v) is 8.95. The van der Waals surface area contributed by atoms with Gasteiger partial charge in [0, 0.05) is 29.9 Å². The molecule has 0 aliphatic heterocycles. The Labute approximate surface area is 186 Å². The summed E-state index contributed by atoms with van der Waals surface area (Å²) in [5, 5.41) is 9.34. The van der Waals surface area contributed by atoms with Gasteiger partial charge < -0.3 is 15.4 Å². The molecule has 0 saturated carbocycles. The summed E-state index contributed by atoms with van der Waals surface area (Å²) in [4.78, 5) is 7.45. The Hall–Kier alpha value is -3.28. The molecule has 32 heavy (non-hydrogen) atoms. The van der Waals surface area contributed by atoms with Crippen molar-refractivity contribution in [1.29, 1.82) is 0 Å². The topological polar surface area (TPSA) is 123 Å². The molecule has 0 fully saturated rings. The number of aryl methyl sites for hydroxylation is 1. The molecule has 4 rings (SSSR count). The summed E-state index contributed by atoms with van der Waals surface area (Å²) in [6.07, 6.45) is 2.88. The lowest BCUT2D eigenvalue weighted by Gasteiger charge is -2.14. The maximum atomic E-state index is 15.4. The fourth-order valence-corrected chi connectivity index (χ4v) is 5.05. The Balaban J connectivity index is 1.83. The zero-order chi connectivity index (χ0) is 23.2. The van der Waals surface area contributed by atoms with Crippen molar-refractivity contribution in [2.24, 2.45) is 7.05 Å². The van der Waals surface area contributed by atoms with Crippen molar-refractivity contribution in [3.63, 3.8) is 0 Å². The first-order valence-corrected chi connectivity index (χ1v) is 11.0. The van der Waals surface area contributed by atoms with E-state index in [0.29, 0.717) is 22.7 Å². The number of aliphatic hydroxyl groups is 1. The van der Waals surface area contributed by atoms with Crippen molar-refractivity contribution in [2.75, 3.05) is 10.5 Å². The van der Waals surface area contributed by atoms with Gasteiger partial charge in [0.2, 0.25) is 0 Å². The van der Waals surface area contributed by atoms with Crippen LogP contribution >= 0.6 is 11.6 Å². The molecule has 0 radical (unpaired) electrons. The summed E-state index contributed by atoms with van der Waals surface area (Å²) in [7, 11) is -2.79. The van der Waals surface area contributed by atoms with Crippen LogP contribution in [-0.2, 0) is 23.7 Å². The Kier molecular flexibility index (Phi) is 5.49. The lowest BCUT2D eigenvalue weighted by Crippen LogP contribution is -2.15. The van der Waals surface area contributed by atoms with E-state index in [-0.39, 0.29) is 27.7 Å². The summed E-state index contributed by atoms with van der Waals surface area (Å²) in [6.45, 7) is -0.673. The van der Waals surface area contributed by atoms with E-state index in [4.69, 9.17) is 17.3 Å². The second kappa shape index (κ2) is 8.01. The number of sulfonamides is 1. The van der Waals surface area contributed by atoms with Crippen molar-refractivity contribution in [3.8, 4) is 11.1 Å². The number of anilines is 2. The zero-order valence-electron chi connectivity index (χ0n) is 16.5. The van der Waals surface area contributed by atoms with E-state index in [9.17, 15) is 17.9 Å². The largest absolute Gasteiger partial charge is 0.392 e. The van der Waals surface area contributed by atoms with Gasteiger partial charge in [-0.1, -0.05) is 23.7 Å². The van der Waals surface area contributed by atoms with Crippen molar-refractivity contribution in [2.45, 2.75) is 11.5 Å². The minimum Gasteiger partial charge on any atom is -0.392 e. The zero-order valence-corrected chi connectivity index (χ0v) is 18.0. The third kappa shape index (κ3) is 3.64. The Morgan fingerprint density at radius 3 is 2.69 bits per heavy atom. The fourth-order valence-electron chi connectivity index (χ4n) is 3.39. The maximum Gasteiger partial charge on any atom is 0.263 e. The summed E-state index contributed by atoms with van der Waals surface area (Å²) >= 11 is 6.01. The quantitative estimate of drug-likeness (QED) is 0.403. The number of aliphatic hydroxyl groups excluding tert-OH is 1. The molecule has 0 amide bonds. The van der Waals surface area contributed by atoms with E-state index >= 15 is 4.39 Å². The minimum absolute atomic E-state index is 0.0543. The number of nitrogen functional groups attached to an aromatic ring is 1. The van der Waals surface area contributed by atoms with Gasteiger partial charge in [-0.15, -0.1) is 0 Å². The molecule has 0 aliphatic carbocycles. The highest BCUT2D eigenvalue weighted by Crippen LogP contribution is 2.36. The summed E-state index contributed by atoms with van der Waals surface area (Å²) < 4.78 is 58.7. The first-order chi connectivity index (χ1) is 15.1. The van der Waals surface area contributed by atoms with E-state index in [1.165, 1.54) is 24.5 Å².